The van der Waals surface area contributed by atoms with Crippen LogP contribution in [0.25, 0.3) is 0 Å². The minimum absolute atomic E-state index is 0.331. The van der Waals surface area contributed by atoms with Crippen molar-refractivity contribution in [3.63, 3.8) is 0 Å². The zero-order valence-electron chi connectivity index (χ0n) is 14.7. The Morgan fingerprint density at radius 3 is 2.38 bits per heavy atom. The smallest absolute Gasteiger partial charge is 0.208 e. The Balaban J connectivity index is 2.24. The van der Waals surface area contributed by atoms with Crippen LogP contribution in [0.15, 0.2) is 35.3 Å². The van der Waals surface area contributed by atoms with Gasteiger partial charge >= 0.3 is 0 Å². The van der Waals surface area contributed by atoms with Gasteiger partial charge in [-0.05, 0) is 25.5 Å². The predicted molar refractivity (Wildman–Crippen MR) is 101 cm³/mol. The summed E-state index contributed by atoms with van der Waals surface area (Å²) in [4.78, 5) is 6.45. The first-order chi connectivity index (χ1) is 11.5. The van der Waals surface area contributed by atoms with E-state index in [1.165, 1.54) is 5.69 Å². The molecule has 1 aromatic rings. The van der Waals surface area contributed by atoms with Gasteiger partial charge in [-0.2, -0.15) is 0 Å². The molecule has 0 heterocycles. The van der Waals surface area contributed by atoms with Crippen molar-refractivity contribution in [1.29, 1.82) is 0 Å². The molecule has 1 aromatic carbocycles. The maximum absolute atomic E-state index is 11.0. The van der Waals surface area contributed by atoms with E-state index in [4.69, 9.17) is 0 Å². The van der Waals surface area contributed by atoms with Crippen LogP contribution in [0.4, 0.5) is 5.69 Å². The third-order valence-corrected chi connectivity index (χ3v) is 4.13. The van der Waals surface area contributed by atoms with E-state index >= 15 is 0 Å². The number of anilines is 1. The molecule has 0 unspecified atom stereocenters. The lowest BCUT2D eigenvalue weighted by atomic mass is 10.2. The monoisotopic (exact) mass is 355 g/mol. The summed E-state index contributed by atoms with van der Waals surface area (Å²) < 4.78 is 24.4. The summed E-state index contributed by atoms with van der Waals surface area (Å²) in [7, 11) is -1.45. The number of guanidine groups is 1. The first-order valence-electron chi connectivity index (χ1n) is 8.15. The molecule has 0 fully saturated rings. The van der Waals surface area contributed by atoms with Gasteiger partial charge < -0.3 is 15.5 Å². The number of benzene rings is 1. The van der Waals surface area contributed by atoms with E-state index in [2.05, 4.69) is 44.3 Å². The van der Waals surface area contributed by atoms with E-state index in [9.17, 15) is 8.42 Å². The zero-order chi connectivity index (χ0) is 17.8. The van der Waals surface area contributed by atoms with Crippen molar-refractivity contribution < 1.29 is 8.42 Å². The van der Waals surface area contributed by atoms with Crippen molar-refractivity contribution in [2.24, 2.45) is 4.99 Å². The molecular formula is C16H29N5O2S. The number of hydrogen-bond donors (Lipinski definition) is 3. The van der Waals surface area contributed by atoms with Gasteiger partial charge in [-0.25, -0.2) is 13.1 Å². The van der Waals surface area contributed by atoms with Gasteiger partial charge in [0.25, 0.3) is 0 Å². The standard InChI is InChI=1S/C16H29N5O2S/c1-4-21(15-9-6-5-7-10-15)14-8-11-18-16(17-2)19-12-13-20-24(3,22)23/h5-7,9-10,20H,4,8,11-14H2,1-3H3,(H2,17,18,19). The lowest BCUT2D eigenvalue weighted by Crippen LogP contribution is -2.42. The molecule has 0 spiro atoms. The van der Waals surface area contributed by atoms with Crippen LogP contribution in [-0.4, -0.2) is 60.4 Å². The van der Waals surface area contributed by atoms with E-state index < -0.39 is 10.0 Å². The Labute approximate surface area is 145 Å². The second-order valence-corrected chi connectivity index (χ2v) is 7.19. The molecule has 0 saturated heterocycles. The minimum atomic E-state index is -3.14. The Bertz CT molecular complexity index is 590. The van der Waals surface area contributed by atoms with Gasteiger partial charge in [0.15, 0.2) is 5.96 Å². The van der Waals surface area contributed by atoms with Crippen LogP contribution < -0.4 is 20.3 Å². The van der Waals surface area contributed by atoms with Gasteiger partial charge in [0, 0.05) is 45.5 Å². The zero-order valence-corrected chi connectivity index (χ0v) is 15.6. The van der Waals surface area contributed by atoms with E-state index in [1.807, 2.05) is 18.2 Å². The van der Waals surface area contributed by atoms with Crippen molar-refractivity contribution in [1.82, 2.24) is 15.4 Å². The van der Waals surface area contributed by atoms with Crippen LogP contribution in [0.5, 0.6) is 0 Å². The molecule has 0 amide bonds. The van der Waals surface area contributed by atoms with Gasteiger partial charge in [0.05, 0.1) is 6.26 Å². The van der Waals surface area contributed by atoms with Gasteiger partial charge in [0.1, 0.15) is 0 Å². The number of rotatable bonds is 10. The second-order valence-electron chi connectivity index (χ2n) is 5.36. The van der Waals surface area contributed by atoms with E-state index in [-0.39, 0.29) is 0 Å². The molecule has 0 aromatic heterocycles. The number of sulfonamides is 1. The summed E-state index contributed by atoms with van der Waals surface area (Å²) in [6, 6.07) is 10.4. The number of hydrogen-bond acceptors (Lipinski definition) is 4. The number of para-hydroxylation sites is 1. The van der Waals surface area contributed by atoms with Gasteiger partial charge in [-0.1, -0.05) is 18.2 Å². The summed E-state index contributed by atoms with van der Waals surface area (Å²) in [5.41, 5.74) is 1.23. The molecule has 0 bridgehead atoms. The van der Waals surface area contributed by atoms with E-state index in [1.54, 1.807) is 7.05 Å². The lowest BCUT2D eigenvalue weighted by Gasteiger charge is -2.23. The maximum Gasteiger partial charge on any atom is 0.208 e. The molecule has 0 saturated carbocycles. The highest BCUT2D eigenvalue weighted by Gasteiger charge is 2.04. The van der Waals surface area contributed by atoms with E-state index in [0.717, 1.165) is 32.3 Å². The molecule has 0 radical (unpaired) electrons. The second kappa shape index (κ2) is 10.9. The topological polar surface area (TPSA) is 85.8 Å². The Morgan fingerprint density at radius 1 is 1.12 bits per heavy atom. The Kier molecular flexibility index (Phi) is 9.18. The van der Waals surface area contributed by atoms with E-state index in [0.29, 0.717) is 19.0 Å². The first-order valence-corrected chi connectivity index (χ1v) is 10.0. The van der Waals surface area contributed by atoms with Crippen LogP contribution in [0.3, 0.4) is 0 Å². The highest BCUT2D eigenvalue weighted by molar-refractivity contribution is 7.88. The van der Waals surface area contributed by atoms with Crippen molar-refractivity contribution in [2.75, 3.05) is 50.9 Å². The molecule has 3 N–H and O–H groups in total. The number of nitrogens with one attached hydrogen (secondary N) is 3. The molecule has 0 aliphatic heterocycles. The fourth-order valence-corrected chi connectivity index (χ4v) is 2.70. The summed E-state index contributed by atoms with van der Waals surface area (Å²) in [6.07, 6.45) is 2.12. The summed E-state index contributed by atoms with van der Waals surface area (Å²) in [5, 5.41) is 6.31. The molecule has 7 nitrogen and oxygen atoms in total. The summed E-state index contributed by atoms with van der Waals surface area (Å²) >= 11 is 0. The fraction of sp³-hybridized carbons (Fsp3) is 0.562. The quantitative estimate of drug-likeness (QED) is 0.325. The van der Waals surface area contributed by atoms with Crippen LogP contribution in [0.2, 0.25) is 0 Å². The lowest BCUT2D eigenvalue weighted by molar-refractivity contribution is 0.586. The molecule has 0 atom stereocenters. The average molecular weight is 356 g/mol. The van der Waals surface area contributed by atoms with Crippen LogP contribution in [0.1, 0.15) is 13.3 Å². The SMILES string of the molecule is CCN(CCCNC(=NC)NCCNS(C)(=O)=O)c1ccccc1. The molecule has 24 heavy (non-hydrogen) atoms. The molecule has 1 rings (SSSR count). The van der Waals surface area contributed by atoms with Crippen molar-refractivity contribution in [3.05, 3.63) is 30.3 Å². The third-order valence-electron chi connectivity index (χ3n) is 3.41. The van der Waals surface area contributed by atoms with Gasteiger partial charge in [0.2, 0.25) is 10.0 Å². The van der Waals surface area contributed by atoms with Crippen LogP contribution in [0, 0.1) is 0 Å². The fourth-order valence-electron chi connectivity index (χ4n) is 2.22. The van der Waals surface area contributed by atoms with Gasteiger partial charge in [-0.15, -0.1) is 0 Å². The molecule has 0 aliphatic rings. The summed E-state index contributed by atoms with van der Waals surface area (Å²) in [5.74, 6) is 0.674. The average Bonchev–Trinajstić information content (AvgIpc) is 2.56. The maximum atomic E-state index is 11.0. The minimum Gasteiger partial charge on any atom is -0.372 e. The first kappa shape index (κ1) is 20.2. The van der Waals surface area contributed by atoms with Crippen LogP contribution in [-0.2, 0) is 10.0 Å². The molecule has 8 heteroatoms. The number of aliphatic imine (C=N–C) groups is 1. The summed E-state index contributed by atoms with van der Waals surface area (Å²) in [6.45, 7) is 5.68. The molecule has 0 aliphatic carbocycles. The Hall–Kier alpha value is -1.80. The van der Waals surface area contributed by atoms with Crippen molar-refractivity contribution in [3.8, 4) is 0 Å². The largest absolute Gasteiger partial charge is 0.372 e. The van der Waals surface area contributed by atoms with Crippen LogP contribution >= 0.6 is 0 Å². The van der Waals surface area contributed by atoms with Gasteiger partial charge in [-0.3, -0.25) is 4.99 Å². The van der Waals surface area contributed by atoms with Crippen molar-refractivity contribution >= 4 is 21.7 Å². The Morgan fingerprint density at radius 2 is 1.79 bits per heavy atom. The van der Waals surface area contributed by atoms with Crippen molar-refractivity contribution in [2.45, 2.75) is 13.3 Å². The highest BCUT2D eigenvalue weighted by Crippen LogP contribution is 2.12. The third kappa shape index (κ3) is 8.73. The number of nitrogens with zero attached hydrogens (tertiary/aromatic N) is 2. The highest BCUT2D eigenvalue weighted by atomic mass is 32.2. The predicted octanol–water partition coefficient (Wildman–Crippen LogP) is 0.617. The molecule has 136 valence electrons. The normalized spacial score (nSPS) is 12.0. The molecular weight excluding hydrogens is 326 g/mol.